The number of hydrogen-bond acceptors (Lipinski definition) is 0. The largest absolute Gasteiger partial charge is 0.309 e. The van der Waals surface area contributed by atoms with Crippen molar-refractivity contribution in [2.24, 2.45) is 0 Å². The molecule has 0 saturated heterocycles. The second-order valence-corrected chi connectivity index (χ2v) is 7.56. The highest BCUT2D eigenvalue weighted by molar-refractivity contribution is 14.1. The van der Waals surface area contributed by atoms with Gasteiger partial charge < -0.3 is 4.57 Å². The lowest BCUT2D eigenvalue weighted by Crippen LogP contribution is -1.93. The van der Waals surface area contributed by atoms with E-state index in [2.05, 4.69) is 124 Å². The molecule has 0 unspecified atom stereocenters. The van der Waals surface area contributed by atoms with E-state index in [4.69, 9.17) is 0 Å². The van der Waals surface area contributed by atoms with Gasteiger partial charge in [0.15, 0.2) is 0 Å². The van der Waals surface area contributed by atoms with Crippen LogP contribution in [-0.4, -0.2) is 4.57 Å². The molecule has 0 atom stereocenters. The lowest BCUT2D eigenvalue weighted by Gasteiger charge is -2.09. The molecule has 0 N–H and O–H groups in total. The Hall–Kier alpha value is -2.59. The molecule has 0 radical (unpaired) electrons. The van der Waals surface area contributed by atoms with Gasteiger partial charge in [-0.15, -0.1) is 0 Å². The first kappa shape index (κ1) is 15.6. The normalized spacial score (nSPS) is 11.3. The molecule has 0 aliphatic heterocycles. The van der Waals surface area contributed by atoms with Crippen molar-refractivity contribution in [1.82, 2.24) is 4.57 Å². The molecule has 26 heavy (non-hydrogen) atoms. The fourth-order valence-electron chi connectivity index (χ4n) is 3.69. The first-order valence-corrected chi connectivity index (χ1v) is 9.74. The Morgan fingerprint density at radius 2 is 1.27 bits per heavy atom. The van der Waals surface area contributed by atoms with Gasteiger partial charge in [0.25, 0.3) is 0 Å². The zero-order chi connectivity index (χ0) is 17.5. The minimum Gasteiger partial charge on any atom is -0.309 e. The van der Waals surface area contributed by atoms with Crippen LogP contribution in [0.4, 0.5) is 0 Å². The Balaban J connectivity index is 1.88. The third-order valence-corrected chi connectivity index (χ3v) is 5.81. The lowest BCUT2D eigenvalue weighted by molar-refractivity contribution is 1.18. The summed E-state index contributed by atoms with van der Waals surface area (Å²) < 4.78 is 3.64. The topological polar surface area (TPSA) is 4.93 Å². The summed E-state index contributed by atoms with van der Waals surface area (Å²) in [6, 6.07) is 34.6. The van der Waals surface area contributed by atoms with E-state index in [1.54, 1.807) is 0 Å². The van der Waals surface area contributed by atoms with E-state index in [1.807, 2.05) is 0 Å². The number of aromatic nitrogens is 1. The number of hydrogen-bond donors (Lipinski definition) is 0. The standard InChI is InChI=1S/C24H16IN/c25-22-12-6-4-10-19(22)17-14-15-21-20-11-5-7-13-23(20)26(24(21)16-17)18-8-2-1-3-9-18/h1-16H. The van der Waals surface area contributed by atoms with Crippen molar-refractivity contribution in [2.75, 3.05) is 0 Å². The summed E-state index contributed by atoms with van der Waals surface area (Å²) >= 11 is 2.42. The molecule has 5 aromatic rings. The Labute approximate surface area is 166 Å². The molecular formula is C24H16IN. The van der Waals surface area contributed by atoms with Crippen LogP contribution in [0.3, 0.4) is 0 Å². The maximum Gasteiger partial charge on any atom is 0.0547 e. The maximum atomic E-state index is 2.42. The van der Waals surface area contributed by atoms with Crippen LogP contribution >= 0.6 is 22.6 Å². The Kier molecular flexibility index (Phi) is 3.79. The quantitative estimate of drug-likeness (QED) is 0.257. The van der Waals surface area contributed by atoms with Crippen molar-refractivity contribution >= 4 is 44.4 Å². The Bertz CT molecular complexity index is 1240. The molecule has 0 aliphatic rings. The second kappa shape index (κ2) is 6.29. The molecule has 0 amide bonds. The summed E-state index contributed by atoms with van der Waals surface area (Å²) in [7, 11) is 0. The molecule has 0 bridgehead atoms. The molecule has 124 valence electrons. The molecule has 0 fully saturated rings. The number of para-hydroxylation sites is 2. The second-order valence-electron chi connectivity index (χ2n) is 6.40. The van der Waals surface area contributed by atoms with Crippen LogP contribution in [0.2, 0.25) is 0 Å². The number of nitrogens with zero attached hydrogens (tertiary/aromatic N) is 1. The molecule has 1 nitrogen and oxygen atoms in total. The minimum atomic E-state index is 1.19. The summed E-state index contributed by atoms with van der Waals surface area (Å²) in [6.07, 6.45) is 0. The molecule has 1 heterocycles. The Morgan fingerprint density at radius 3 is 2.12 bits per heavy atom. The van der Waals surface area contributed by atoms with Crippen molar-refractivity contribution in [1.29, 1.82) is 0 Å². The van der Waals surface area contributed by atoms with E-state index in [9.17, 15) is 0 Å². The van der Waals surface area contributed by atoms with Crippen molar-refractivity contribution in [3.8, 4) is 16.8 Å². The molecule has 0 spiro atoms. The smallest absolute Gasteiger partial charge is 0.0547 e. The SMILES string of the molecule is Ic1ccccc1-c1ccc2c3ccccc3n(-c3ccccc3)c2c1. The van der Waals surface area contributed by atoms with Crippen LogP contribution in [-0.2, 0) is 0 Å². The molecule has 4 aromatic carbocycles. The van der Waals surface area contributed by atoms with Gasteiger partial charge in [-0.05, 0) is 64.0 Å². The lowest BCUT2D eigenvalue weighted by atomic mass is 10.0. The molecule has 0 aliphatic carbocycles. The fraction of sp³-hybridized carbons (Fsp3) is 0. The van der Waals surface area contributed by atoms with Crippen molar-refractivity contribution < 1.29 is 0 Å². The van der Waals surface area contributed by atoms with Gasteiger partial charge >= 0.3 is 0 Å². The minimum absolute atomic E-state index is 1.19. The van der Waals surface area contributed by atoms with Gasteiger partial charge in [0, 0.05) is 20.0 Å². The van der Waals surface area contributed by atoms with Crippen LogP contribution in [0, 0.1) is 3.57 Å². The predicted molar refractivity (Wildman–Crippen MR) is 119 cm³/mol. The van der Waals surface area contributed by atoms with Crippen molar-refractivity contribution in [3.05, 3.63) is 101 Å². The molecule has 2 heteroatoms. The van der Waals surface area contributed by atoms with Crippen LogP contribution < -0.4 is 0 Å². The summed E-state index contributed by atoms with van der Waals surface area (Å²) in [5.74, 6) is 0. The van der Waals surface area contributed by atoms with E-state index in [-0.39, 0.29) is 0 Å². The van der Waals surface area contributed by atoms with Gasteiger partial charge in [-0.25, -0.2) is 0 Å². The molecule has 5 rings (SSSR count). The fourth-order valence-corrected chi connectivity index (χ4v) is 4.39. The van der Waals surface area contributed by atoms with Crippen molar-refractivity contribution in [3.63, 3.8) is 0 Å². The van der Waals surface area contributed by atoms with E-state index in [0.29, 0.717) is 0 Å². The maximum absolute atomic E-state index is 2.42. The van der Waals surface area contributed by atoms with E-state index >= 15 is 0 Å². The Morgan fingerprint density at radius 1 is 0.577 bits per heavy atom. The van der Waals surface area contributed by atoms with Gasteiger partial charge in [-0.3, -0.25) is 0 Å². The van der Waals surface area contributed by atoms with Gasteiger partial charge in [0.2, 0.25) is 0 Å². The molecule has 0 saturated carbocycles. The first-order chi connectivity index (χ1) is 12.8. The van der Waals surface area contributed by atoms with Gasteiger partial charge in [-0.1, -0.05) is 66.7 Å². The summed E-state index contributed by atoms with van der Waals surface area (Å²) in [5, 5.41) is 2.58. The summed E-state index contributed by atoms with van der Waals surface area (Å²) in [4.78, 5) is 0. The van der Waals surface area contributed by atoms with Gasteiger partial charge in [0.05, 0.1) is 11.0 Å². The van der Waals surface area contributed by atoms with E-state index in [1.165, 1.54) is 42.2 Å². The first-order valence-electron chi connectivity index (χ1n) is 8.66. The van der Waals surface area contributed by atoms with Crippen LogP contribution in [0.5, 0.6) is 0 Å². The van der Waals surface area contributed by atoms with Crippen LogP contribution in [0.1, 0.15) is 0 Å². The van der Waals surface area contributed by atoms with Crippen LogP contribution in [0.15, 0.2) is 97.1 Å². The summed E-state index contributed by atoms with van der Waals surface area (Å²) in [5.41, 5.74) is 6.21. The zero-order valence-electron chi connectivity index (χ0n) is 14.1. The monoisotopic (exact) mass is 445 g/mol. The van der Waals surface area contributed by atoms with Gasteiger partial charge in [-0.2, -0.15) is 0 Å². The van der Waals surface area contributed by atoms with Crippen LogP contribution in [0.25, 0.3) is 38.6 Å². The average Bonchev–Trinajstić information content (AvgIpc) is 3.02. The number of benzene rings is 4. The summed E-state index contributed by atoms with van der Waals surface area (Å²) in [6.45, 7) is 0. The average molecular weight is 445 g/mol. The molecular weight excluding hydrogens is 429 g/mol. The number of rotatable bonds is 2. The zero-order valence-corrected chi connectivity index (χ0v) is 16.2. The highest BCUT2D eigenvalue weighted by Gasteiger charge is 2.13. The van der Waals surface area contributed by atoms with Gasteiger partial charge in [0.1, 0.15) is 0 Å². The number of halogens is 1. The third kappa shape index (κ3) is 2.44. The third-order valence-electron chi connectivity index (χ3n) is 4.87. The highest BCUT2D eigenvalue weighted by Crippen LogP contribution is 2.35. The van der Waals surface area contributed by atoms with E-state index < -0.39 is 0 Å². The molecule has 1 aromatic heterocycles. The number of fused-ring (bicyclic) bond motifs is 3. The predicted octanol–water partition coefficient (Wildman–Crippen LogP) is 7.06. The highest BCUT2D eigenvalue weighted by atomic mass is 127. The van der Waals surface area contributed by atoms with Crippen molar-refractivity contribution in [2.45, 2.75) is 0 Å². The van der Waals surface area contributed by atoms with E-state index in [0.717, 1.165) is 0 Å².